The quantitative estimate of drug-likeness (QED) is 0.772. The van der Waals surface area contributed by atoms with Gasteiger partial charge in [0.2, 0.25) is 0 Å². The van der Waals surface area contributed by atoms with Crippen molar-refractivity contribution in [2.45, 2.75) is 6.04 Å². The van der Waals surface area contributed by atoms with E-state index in [-0.39, 0.29) is 11.9 Å². The second-order valence-corrected chi connectivity index (χ2v) is 8.21. The van der Waals surface area contributed by atoms with Crippen molar-refractivity contribution in [3.8, 4) is 5.75 Å². The summed E-state index contributed by atoms with van der Waals surface area (Å²) in [6.45, 7) is 3.71. The fourth-order valence-corrected chi connectivity index (χ4v) is 4.19. The Bertz CT molecular complexity index is 699. The van der Waals surface area contributed by atoms with Gasteiger partial charge in [-0.05, 0) is 45.8 Å². The highest BCUT2D eigenvalue weighted by Crippen LogP contribution is 2.25. The summed E-state index contributed by atoms with van der Waals surface area (Å²) in [5, 5.41) is 3.07. The third-order valence-electron chi connectivity index (χ3n) is 4.24. The highest BCUT2D eigenvalue weighted by atomic mass is 79.9. The van der Waals surface area contributed by atoms with E-state index in [1.165, 1.54) is 11.3 Å². The molecular weight excluding hydrogens is 404 g/mol. The van der Waals surface area contributed by atoms with Crippen molar-refractivity contribution in [3.05, 3.63) is 50.6 Å². The zero-order valence-electron chi connectivity index (χ0n) is 14.0. The van der Waals surface area contributed by atoms with Gasteiger partial charge in [0.05, 0.1) is 35.0 Å². The molecule has 0 unspecified atom stereocenters. The first-order chi connectivity index (χ1) is 12.2. The van der Waals surface area contributed by atoms with Crippen LogP contribution in [-0.4, -0.2) is 50.8 Å². The number of halogens is 1. The van der Waals surface area contributed by atoms with Crippen molar-refractivity contribution >= 4 is 33.2 Å². The van der Waals surface area contributed by atoms with Crippen molar-refractivity contribution in [1.29, 1.82) is 0 Å². The first-order valence-corrected chi connectivity index (χ1v) is 9.77. The lowest BCUT2D eigenvalue weighted by Crippen LogP contribution is -2.43. The van der Waals surface area contributed by atoms with Crippen LogP contribution in [0.2, 0.25) is 0 Å². The largest absolute Gasteiger partial charge is 0.497 e. The van der Waals surface area contributed by atoms with Crippen molar-refractivity contribution < 1.29 is 14.3 Å². The predicted octanol–water partition coefficient (Wildman–Crippen LogP) is 3.32. The summed E-state index contributed by atoms with van der Waals surface area (Å²) in [4.78, 5) is 15.5. The highest BCUT2D eigenvalue weighted by Gasteiger charge is 2.23. The summed E-state index contributed by atoms with van der Waals surface area (Å²) in [5.74, 6) is 0.791. The predicted molar refractivity (Wildman–Crippen MR) is 102 cm³/mol. The third kappa shape index (κ3) is 4.82. The van der Waals surface area contributed by atoms with Crippen molar-refractivity contribution in [2.75, 3.05) is 40.0 Å². The first kappa shape index (κ1) is 18.4. The molecule has 2 heterocycles. The summed E-state index contributed by atoms with van der Waals surface area (Å²) in [5.41, 5.74) is 1.16. The van der Waals surface area contributed by atoms with Crippen molar-refractivity contribution in [1.82, 2.24) is 10.2 Å². The van der Waals surface area contributed by atoms with Gasteiger partial charge in [-0.2, -0.15) is 0 Å². The molecule has 0 spiro atoms. The van der Waals surface area contributed by atoms with Gasteiger partial charge in [0.15, 0.2) is 0 Å². The van der Waals surface area contributed by atoms with E-state index in [2.05, 4.69) is 38.3 Å². The van der Waals surface area contributed by atoms with Crippen LogP contribution in [0.3, 0.4) is 0 Å². The van der Waals surface area contributed by atoms with Gasteiger partial charge < -0.3 is 14.8 Å². The molecule has 1 amide bonds. The lowest BCUT2D eigenvalue weighted by Gasteiger charge is -2.35. The van der Waals surface area contributed by atoms with Crippen LogP contribution >= 0.6 is 27.3 Å². The molecule has 134 valence electrons. The van der Waals surface area contributed by atoms with Gasteiger partial charge in [0.25, 0.3) is 5.91 Å². The van der Waals surface area contributed by atoms with Crippen LogP contribution in [0.4, 0.5) is 0 Å². The Kier molecular flexibility index (Phi) is 6.47. The maximum Gasteiger partial charge on any atom is 0.261 e. The van der Waals surface area contributed by atoms with Crippen LogP contribution in [0.1, 0.15) is 21.3 Å². The number of morpholine rings is 1. The summed E-state index contributed by atoms with van der Waals surface area (Å²) in [7, 11) is 1.66. The average molecular weight is 425 g/mol. The van der Waals surface area contributed by atoms with Crippen molar-refractivity contribution in [2.24, 2.45) is 0 Å². The second-order valence-electron chi connectivity index (χ2n) is 5.75. The van der Waals surface area contributed by atoms with Gasteiger partial charge in [-0.15, -0.1) is 11.3 Å². The number of carbonyl (C=O) groups is 1. The van der Waals surface area contributed by atoms with Gasteiger partial charge in [0, 0.05) is 19.6 Å². The van der Waals surface area contributed by atoms with Gasteiger partial charge in [-0.25, -0.2) is 0 Å². The topological polar surface area (TPSA) is 50.8 Å². The molecule has 7 heteroatoms. The molecular formula is C18H21BrN2O3S. The van der Waals surface area contributed by atoms with E-state index in [1.54, 1.807) is 7.11 Å². The third-order valence-corrected chi connectivity index (χ3v) is 5.86. The van der Waals surface area contributed by atoms with Gasteiger partial charge in [0.1, 0.15) is 5.75 Å². The zero-order chi connectivity index (χ0) is 17.6. The fourth-order valence-electron chi connectivity index (χ4n) is 2.89. The molecule has 1 saturated heterocycles. The molecule has 2 aromatic rings. The monoisotopic (exact) mass is 424 g/mol. The minimum absolute atomic E-state index is 0.0394. The van der Waals surface area contributed by atoms with Crippen LogP contribution in [0.5, 0.6) is 5.75 Å². The van der Waals surface area contributed by atoms with Crippen LogP contribution in [0, 0.1) is 0 Å². The maximum absolute atomic E-state index is 12.4. The number of hydrogen-bond donors (Lipinski definition) is 1. The minimum Gasteiger partial charge on any atom is -0.497 e. The Balaban J connectivity index is 1.72. The molecule has 0 radical (unpaired) electrons. The van der Waals surface area contributed by atoms with Crippen LogP contribution < -0.4 is 10.1 Å². The number of thiophene rings is 1. The molecule has 3 rings (SSSR count). The standard InChI is InChI=1S/C18H21BrN2O3S/c1-23-14-4-2-13(3-5-14)15(21-8-10-24-11-9-21)12-20-18(22)16-6-7-17(19)25-16/h2-7,15H,8-12H2,1H3,(H,20,22)/t15-/m0/s1. The maximum atomic E-state index is 12.4. The van der Waals surface area contributed by atoms with Crippen LogP contribution in [-0.2, 0) is 4.74 Å². The van der Waals surface area contributed by atoms with Gasteiger partial charge in [-0.3, -0.25) is 9.69 Å². The fraction of sp³-hybridized carbons (Fsp3) is 0.389. The molecule has 1 atom stereocenters. The normalized spacial score (nSPS) is 16.4. The smallest absolute Gasteiger partial charge is 0.261 e. The van der Waals surface area contributed by atoms with E-state index < -0.39 is 0 Å². The Labute approximate surface area is 160 Å². The number of ether oxygens (including phenoxy) is 2. The second kappa shape index (κ2) is 8.80. The number of hydrogen-bond acceptors (Lipinski definition) is 5. The summed E-state index contributed by atoms with van der Waals surface area (Å²) in [6, 6.07) is 11.9. The van der Waals surface area contributed by atoms with E-state index in [1.807, 2.05) is 24.3 Å². The van der Waals surface area contributed by atoms with E-state index in [0.717, 1.165) is 41.4 Å². The average Bonchev–Trinajstić information content (AvgIpc) is 3.10. The van der Waals surface area contributed by atoms with Gasteiger partial charge in [-0.1, -0.05) is 12.1 Å². The summed E-state index contributed by atoms with van der Waals surface area (Å²) < 4.78 is 11.7. The number of amides is 1. The number of nitrogens with one attached hydrogen (secondary N) is 1. The molecule has 1 aliphatic heterocycles. The van der Waals surface area contributed by atoms with Gasteiger partial charge >= 0.3 is 0 Å². The van der Waals surface area contributed by atoms with Crippen LogP contribution in [0.15, 0.2) is 40.2 Å². The molecule has 0 aliphatic carbocycles. The molecule has 25 heavy (non-hydrogen) atoms. The number of methoxy groups -OCH3 is 1. The Morgan fingerprint density at radius 1 is 1.28 bits per heavy atom. The Morgan fingerprint density at radius 3 is 2.60 bits per heavy atom. The van der Waals surface area contributed by atoms with E-state index in [0.29, 0.717) is 11.4 Å². The first-order valence-electron chi connectivity index (χ1n) is 8.16. The molecule has 1 aromatic heterocycles. The number of nitrogens with zero attached hydrogens (tertiary/aromatic N) is 1. The van der Waals surface area contributed by atoms with E-state index >= 15 is 0 Å². The van der Waals surface area contributed by atoms with Crippen molar-refractivity contribution in [3.63, 3.8) is 0 Å². The number of benzene rings is 1. The molecule has 0 bridgehead atoms. The summed E-state index contributed by atoms with van der Waals surface area (Å²) >= 11 is 4.84. The number of carbonyl (C=O) groups excluding carboxylic acids is 1. The number of rotatable bonds is 6. The SMILES string of the molecule is COc1ccc([C@H](CNC(=O)c2ccc(Br)s2)N2CCOCC2)cc1. The Morgan fingerprint density at radius 2 is 2.00 bits per heavy atom. The molecule has 5 nitrogen and oxygen atoms in total. The molecule has 1 fully saturated rings. The Hall–Kier alpha value is -1.41. The minimum atomic E-state index is -0.0394. The molecule has 0 saturated carbocycles. The molecule has 1 aromatic carbocycles. The lowest BCUT2D eigenvalue weighted by atomic mass is 10.0. The van der Waals surface area contributed by atoms with Crippen LogP contribution in [0.25, 0.3) is 0 Å². The van der Waals surface area contributed by atoms with E-state index in [4.69, 9.17) is 9.47 Å². The zero-order valence-corrected chi connectivity index (χ0v) is 16.4. The highest BCUT2D eigenvalue weighted by molar-refractivity contribution is 9.11. The molecule has 1 N–H and O–H groups in total. The summed E-state index contributed by atoms with van der Waals surface area (Å²) in [6.07, 6.45) is 0. The lowest BCUT2D eigenvalue weighted by molar-refractivity contribution is 0.0162. The van der Waals surface area contributed by atoms with E-state index in [9.17, 15) is 4.79 Å². The molecule has 1 aliphatic rings.